The van der Waals surface area contributed by atoms with Crippen LogP contribution < -0.4 is 10.2 Å². The van der Waals surface area contributed by atoms with Crippen LogP contribution in [0.4, 0.5) is 5.69 Å². The van der Waals surface area contributed by atoms with E-state index in [4.69, 9.17) is 0 Å². The minimum atomic E-state index is -0.140. The van der Waals surface area contributed by atoms with Crippen molar-refractivity contribution in [2.24, 2.45) is 5.41 Å². The molecule has 110 valence electrons. The molecule has 3 nitrogen and oxygen atoms in total. The summed E-state index contributed by atoms with van der Waals surface area (Å²) in [7, 11) is 0. The molecule has 2 aliphatic rings. The maximum Gasteiger partial charge on any atom is 0.234 e. The van der Waals surface area contributed by atoms with E-state index in [2.05, 4.69) is 24.4 Å². The molecule has 2 fully saturated rings. The van der Waals surface area contributed by atoms with Crippen LogP contribution in [0, 0.1) is 12.3 Å². The number of carbonyl (C=O) groups is 1. The molecule has 1 aromatic carbocycles. The van der Waals surface area contributed by atoms with Gasteiger partial charge >= 0.3 is 0 Å². The number of benzene rings is 1. The fourth-order valence-corrected chi connectivity index (χ4v) is 3.53. The minimum Gasteiger partial charge on any atom is -0.316 e. The fraction of sp³-hybridized carbons (Fsp3) is 0.562. The van der Waals surface area contributed by atoms with Crippen LogP contribution >= 0.6 is 12.4 Å². The van der Waals surface area contributed by atoms with Crippen molar-refractivity contribution in [1.82, 2.24) is 5.32 Å². The Morgan fingerprint density at radius 3 is 2.65 bits per heavy atom. The van der Waals surface area contributed by atoms with E-state index in [1.165, 1.54) is 5.56 Å². The topological polar surface area (TPSA) is 32.3 Å². The molecule has 1 aromatic rings. The number of nitrogens with one attached hydrogen (secondary N) is 1. The third-order valence-electron chi connectivity index (χ3n) is 4.61. The predicted molar refractivity (Wildman–Crippen MR) is 84.6 cm³/mol. The molecule has 4 heteroatoms. The second-order valence-electron chi connectivity index (χ2n) is 5.91. The first-order chi connectivity index (χ1) is 9.23. The Morgan fingerprint density at radius 2 is 1.95 bits per heavy atom. The molecule has 2 aliphatic heterocycles. The summed E-state index contributed by atoms with van der Waals surface area (Å²) in [5.41, 5.74) is 2.15. The molecule has 20 heavy (non-hydrogen) atoms. The number of aryl methyl sites for hydroxylation is 1. The highest BCUT2D eigenvalue weighted by molar-refractivity contribution is 5.99. The zero-order chi connectivity index (χ0) is 13.3. The largest absolute Gasteiger partial charge is 0.316 e. The Bertz CT molecular complexity index is 478. The minimum absolute atomic E-state index is 0. The molecule has 2 heterocycles. The Morgan fingerprint density at radius 1 is 1.20 bits per heavy atom. The van der Waals surface area contributed by atoms with E-state index in [-0.39, 0.29) is 17.8 Å². The molecule has 1 spiro atoms. The normalized spacial score (nSPS) is 26.4. The summed E-state index contributed by atoms with van der Waals surface area (Å²) in [5.74, 6) is 0.334. The molecule has 1 atom stereocenters. The van der Waals surface area contributed by atoms with Gasteiger partial charge in [0.15, 0.2) is 0 Å². The number of para-hydroxylation sites is 1. The van der Waals surface area contributed by atoms with Crippen molar-refractivity contribution in [3.05, 3.63) is 29.8 Å². The van der Waals surface area contributed by atoms with Crippen LogP contribution in [0.25, 0.3) is 0 Å². The first-order valence-electron chi connectivity index (χ1n) is 7.31. The molecule has 3 rings (SSSR count). The van der Waals surface area contributed by atoms with Gasteiger partial charge in [-0.3, -0.25) is 4.79 Å². The third kappa shape index (κ3) is 2.57. The average molecular weight is 295 g/mol. The first kappa shape index (κ1) is 15.3. The van der Waals surface area contributed by atoms with Crippen molar-refractivity contribution in [3.63, 3.8) is 0 Å². The molecule has 0 saturated carbocycles. The van der Waals surface area contributed by atoms with Crippen LogP contribution in [0.1, 0.15) is 31.2 Å². The summed E-state index contributed by atoms with van der Waals surface area (Å²) in [5, 5.41) is 3.41. The Kier molecular flexibility index (Phi) is 4.71. The standard InChI is InChI=1S/C16H22N2O.ClH/c1-13-6-2-3-7-14(13)18-11-5-9-16(15(18)19)8-4-10-17-12-16;/h2-3,6-7,17H,4-5,8-12H2,1H3;1H. The van der Waals surface area contributed by atoms with Gasteiger partial charge in [0.2, 0.25) is 5.91 Å². The summed E-state index contributed by atoms with van der Waals surface area (Å²) in [6.45, 7) is 4.86. The average Bonchev–Trinajstić information content (AvgIpc) is 2.44. The van der Waals surface area contributed by atoms with E-state index in [1.54, 1.807) is 0 Å². The Balaban J connectivity index is 0.00000147. The lowest BCUT2D eigenvalue weighted by Gasteiger charge is -2.44. The van der Waals surface area contributed by atoms with E-state index in [9.17, 15) is 4.79 Å². The number of amides is 1. The van der Waals surface area contributed by atoms with Crippen LogP contribution in [0.2, 0.25) is 0 Å². The molecule has 1 N–H and O–H groups in total. The highest BCUT2D eigenvalue weighted by Gasteiger charge is 2.44. The van der Waals surface area contributed by atoms with Gasteiger partial charge in [0.1, 0.15) is 0 Å². The van der Waals surface area contributed by atoms with Gasteiger partial charge in [-0.25, -0.2) is 0 Å². The van der Waals surface area contributed by atoms with Gasteiger partial charge in [-0.1, -0.05) is 18.2 Å². The van der Waals surface area contributed by atoms with Crippen LogP contribution in [0.5, 0.6) is 0 Å². The number of rotatable bonds is 1. The zero-order valence-electron chi connectivity index (χ0n) is 12.0. The third-order valence-corrected chi connectivity index (χ3v) is 4.61. The summed E-state index contributed by atoms with van der Waals surface area (Å²) < 4.78 is 0. The van der Waals surface area contributed by atoms with Gasteiger partial charge in [-0.05, 0) is 50.8 Å². The summed E-state index contributed by atoms with van der Waals surface area (Å²) in [4.78, 5) is 15.0. The van der Waals surface area contributed by atoms with Crippen molar-refractivity contribution in [1.29, 1.82) is 0 Å². The number of hydrogen-bond acceptors (Lipinski definition) is 2. The number of hydrogen-bond donors (Lipinski definition) is 1. The SMILES string of the molecule is Cc1ccccc1N1CCCC2(CCCNC2)C1=O.Cl. The van der Waals surface area contributed by atoms with Gasteiger partial charge in [-0.2, -0.15) is 0 Å². The number of piperidine rings is 2. The van der Waals surface area contributed by atoms with Crippen molar-refractivity contribution in [2.45, 2.75) is 32.6 Å². The van der Waals surface area contributed by atoms with E-state index in [0.717, 1.165) is 51.0 Å². The molecular formula is C16H23ClN2O. The van der Waals surface area contributed by atoms with Crippen molar-refractivity contribution >= 4 is 24.0 Å². The monoisotopic (exact) mass is 294 g/mol. The van der Waals surface area contributed by atoms with Gasteiger partial charge in [0.25, 0.3) is 0 Å². The molecule has 2 saturated heterocycles. The summed E-state index contributed by atoms with van der Waals surface area (Å²) in [6.07, 6.45) is 4.32. The van der Waals surface area contributed by atoms with Gasteiger partial charge < -0.3 is 10.2 Å². The number of carbonyl (C=O) groups excluding carboxylic acids is 1. The molecule has 0 aromatic heterocycles. The molecule has 0 radical (unpaired) electrons. The highest BCUT2D eigenvalue weighted by atomic mass is 35.5. The number of anilines is 1. The number of nitrogens with zero attached hydrogens (tertiary/aromatic N) is 1. The first-order valence-corrected chi connectivity index (χ1v) is 7.31. The summed E-state index contributed by atoms with van der Waals surface area (Å²) >= 11 is 0. The molecular weight excluding hydrogens is 272 g/mol. The van der Waals surface area contributed by atoms with E-state index < -0.39 is 0 Å². The molecule has 1 amide bonds. The Labute approximate surface area is 127 Å². The summed E-state index contributed by atoms with van der Waals surface area (Å²) in [6, 6.07) is 8.22. The fourth-order valence-electron chi connectivity index (χ4n) is 3.53. The lowest BCUT2D eigenvalue weighted by atomic mass is 9.73. The maximum absolute atomic E-state index is 12.9. The van der Waals surface area contributed by atoms with Crippen LogP contribution in [-0.4, -0.2) is 25.5 Å². The van der Waals surface area contributed by atoms with Crippen LogP contribution in [0.15, 0.2) is 24.3 Å². The quantitative estimate of drug-likeness (QED) is 0.864. The lowest BCUT2D eigenvalue weighted by Crippen LogP contribution is -2.55. The van der Waals surface area contributed by atoms with E-state index in [0.29, 0.717) is 5.91 Å². The van der Waals surface area contributed by atoms with Gasteiger partial charge in [-0.15, -0.1) is 12.4 Å². The van der Waals surface area contributed by atoms with Crippen LogP contribution in [0.3, 0.4) is 0 Å². The predicted octanol–water partition coefficient (Wildman–Crippen LogP) is 2.91. The van der Waals surface area contributed by atoms with Crippen molar-refractivity contribution in [2.75, 3.05) is 24.5 Å². The Hall–Kier alpha value is -1.06. The zero-order valence-corrected chi connectivity index (χ0v) is 12.8. The molecule has 0 aliphatic carbocycles. The van der Waals surface area contributed by atoms with E-state index >= 15 is 0 Å². The molecule has 0 bridgehead atoms. The second kappa shape index (κ2) is 6.15. The highest BCUT2D eigenvalue weighted by Crippen LogP contribution is 2.39. The smallest absolute Gasteiger partial charge is 0.234 e. The van der Waals surface area contributed by atoms with Gasteiger partial charge in [0.05, 0.1) is 5.41 Å². The van der Waals surface area contributed by atoms with Gasteiger partial charge in [0, 0.05) is 18.8 Å². The second-order valence-corrected chi connectivity index (χ2v) is 5.91. The van der Waals surface area contributed by atoms with E-state index in [1.807, 2.05) is 17.0 Å². The lowest BCUT2D eigenvalue weighted by molar-refractivity contribution is -0.131. The maximum atomic E-state index is 12.9. The van der Waals surface area contributed by atoms with Crippen LogP contribution in [-0.2, 0) is 4.79 Å². The van der Waals surface area contributed by atoms with Crippen molar-refractivity contribution < 1.29 is 4.79 Å². The molecule has 1 unspecified atom stereocenters. The van der Waals surface area contributed by atoms with Crippen molar-refractivity contribution in [3.8, 4) is 0 Å². The number of halogens is 1.